The van der Waals surface area contributed by atoms with Crippen LogP contribution in [0.25, 0.3) is 0 Å². The van der Waals surface area contributed by atoms with Crippen molar-refractivity contribution in [3.8, 4) is 5.75 Å². The van der Waals surface area contributed by atoms with Crippen molar-refractivity contribution < 1.29 is 9.90 Å². The van der Waals surface area contributed by atoms with Crippen LogP contribution in [0.15, 0.2) is 24.3 Å². The number of carbonyl (C=O) groups excluding carboxylic acids is 1. The van der Waals surface area contributed by atoms with Crippen LogP contribution >= 0.6 is 0 Å². The highest BCUT2D eigenvalue weighted by atomic mass is 16.3. The van der Waals surface area contributed by atoms with Crippen LogP contribution in [0, 0.1) is 0 Å². The Kier molecular flexibility index (Phi) is 4.80. The van der Waals surface area contributed by atoms with E-state index < -0.39 is 0 Å². The lowest BCUT2D eigenvalue weighted by molar-refractivity contribution is -0.121. The van der Waals surface area contributed by atoms with Crippen LogP contribution < -0.4 is 5.32 Å². The van der Waals surface area contributed by atoms with Crippen molar-refractivity contribution >= 4 is 5.91 Å². The molecule has 1 aromatic rings. The van der Waals surface area contributed by atoms with Gasteiger partial charge in [0.15, 0.2) is 0 Å². The lowest BCUT2D eigenvalue weighted by Gasteiger charge is -2.33. The molecule has 1 fully saturated rings. The smallest absolute Gasteiger partial charge is 0.219 e. The molecule has 1 heterocycles. The van der Waals surface area contributed by atoms with Crippen molar-refractivity contribution in [1.29, 1.82) is 0 Å². The summed E-state index contributed by atoms with van der Waals surface area (Å²) in [5.74, 6) is 0.437. The molecule has 1 saturated heterocycles. The summed E-state index contributed by atoms with van der Waals surface area (Å²) in [7, 11) is 0. The number of nitrogens with one attached hydrogen (secondary N) is 1. The first-order chi connectivity index (χ1) is 9.17. The van der Waals surface area contributed by atoms with E-state index in [1.165, 1.54) is 5.56 Å². The van der Waals surface area contributed by atoms with Crippen LogP contribution in [0.4, 0.5) is 0 Å². The largest absolute Gasteiger partial charge is 0.508 e. The maximum absolute atomic E-state index is 11.4. The Balaban J connectivity index is 1.87. The molecule has 1 amide bonds. The number of nitrogens with zero attached hydrogens (tertiary/aromatic N) is 1. The average molecular weight is 262 g/mol. The van der Waals surface area contributed by atoms with E-state index >= 15 is 0 Å². The number of piperidine rings is 1. The minimum absolute atomic E-state index is 0.136. The standard InChI is InChI=1S/C15H22N2O2/c1-2-15(19)16-13-4-3-9-17(11-13)10-12-5-7-14(18)8-6-12/h5-8,13,18H,2-4,9-11H2,1H3,(H,16,19)/t13-/m1/s1. The summed E-state index contributed by atoms with van der Waals surface area (Å²) in [5, 5.41) is 12.3. The molecule has 0 saturated carbocycles. The van der Waals surface area contributed by atoms with E-state index in [0.717, 1.165) is 32.5 Å². The monoisotopic (exact) mass is 262 g/mol. The van der Waals surface area contributed by atoms with Crippen molar-refractivity contribution in [3.05, 3.63) is 29.8 Å². The highest BCUT2D eigenvalue weighted by Crippen LogP contribution is 2.16. The molecule has 1 aromatic carbocycles. The summed E-state index contributed by atoms with van der Waals surface area (Å²) in [6, 6.07) is 7.61. The van der Waals surface area contributed by atoms with Gasteiger partial charge >= 0.3 is 0 Å². The first-order valence-electron chi connectivity index (χ1n) is 6.97. The van der Waals surface area contributed by atoms with Crippen molar-refractivity contribution in [2.75, 3.05) is 13.1 Å². The second-order valence-electron chi connectivity index (χ2n) is 5.16. The van der Waals surface area contributed by atoms with Gasteiger partial charge in [-0.25, -0.2) is 0 Å². The molecule has 0 spiro atoms. The fourth-order valence-corrected chi connectivity index (χ4v) is 2.51. The number of hydrogen-bond acceptors (Lipinski definition) is 3. The lowest BCUT2D eigenvalue weighted by atomic mass is 10.0. The zero-order valence-corrected chi connectivity index (χ0v) is 11.4. The Labute approximate surface area is 114 Å². The number of likely N-dealkylation sites (tertiary alicyclic amines) is 1. The Morgan fingerprint density at radius 3 is 2.84 bits per heavy atom. The maximum atomic E-state index is 11.4. The molecular weight excluding hydrogens is 240 g/mol. The molecule has 0 aliphatic carbocycles. The van der Waals surface area contributed by atoms with Gasteiger partial charge in [0.1, 0.15) is 5.75 Å². The molecule has 2 rings (SSSR count). The van der Waals surface area contributed by atoms with Gasteiger partial charge in [-0.15, -0.1) is 0 Å². The molecule has 1 aliphatic heterocycles. The zero-order valence-electron chi connectivity index (χ0n) is 11.4. The van der Waals surface area contributed by atoms with Crippen LogP contribution in [0.3, 0.4) is 0 Å². The van der Waals surface area contributed by atoms with E-state index in [-0.39, 0.29) is 11.9 Å². The normalized spacial score (nSPS) is 20.2. The number of benzene rings is 1. The van der Waals surface area contributed by atoms with Crippen LogP contribution in [0.5, 0.6) is 5.75 Å². The predicted molar refractivity (Wildman–Crippen MR) is 74.8 cm³/mol. The first kappa shape index (κ1) is 13.9. The van der Waals surface area contributed by atoms with Gasteiger partial charge < -0.3 is 10.4 Å². The number of phenols is 1. The maximum Gasteiger partial charge on any atom is 0.219 e. The molecule has 1 atom stereocenters. The van der Waals surface area contributed by atoms with Crippen LogP contribution in [0.1, 0.15) is 31.7 Å². The molecule has 4 nitrogen and oxygen atoms in total. The summed E-state index contributed by atoms with van der Waals surface area (Å²) in [4.78, 5) is 13.8. The summed E-state index contributed by atoms with van der Waals surface area (Å²) in [6.45, 7) is 4.73. The van der Waals surface area contributed by atoms with Crippen molar-refractivity contribution in [2.45, 2.75) is 38.8 Å². The summed E-state index contributed by atoms with van der Waals surface area (Å²) in [6.07, 6.45) is 2.74. The molecule has 2 N–H and O–H groups in total. The Morgan fingerprint density at radius 2 is 2.16 bits per heavy atom. The average Bonchev–Trinajstić information content (AvgIpc) is 2.42. The van der Waals surface area contributed by atoms with Crippen LogP contribution in [0.2, 0.25) is 0 Å². The van der Waals surface area contributed by atoms with Gasteiger partial charge in [0, 0.05) is 25.6 Å². The van der Waals surface area contributed by atoms with Gasteiger partial charge in [0.2, 0.25) is 5.91 Å². The topological polar surface area (TPSA) is 52.6 Å². The summed E-state index contributed by atoms with van der Waals surface area (Å²) in [5.41, 5.74) is 1.19. The Hall–Kier alpha value is -1.55. The van der Waals surface area contributed by atoms with Crippen molar-refractivity contribution in [1.82, 2.24) is 10.2 Å². The molecule has 0 radical (unpaired) electrons. The van der Waals surface area contributed by atoms with E-state index in [4.69, 9.17) is 0 Å². The lowest BCUT2D eigenvalue weighted by Crippen LogP contribution is -2.47. The molecule has 4 heteroatoms. The number of phenolic OH excluding ortho intramolecular Hbond substituents is 1. The molecule has 0 unspecified atom stereocenters. The van der Waals surface area contributed by atoms with E-state index in [0.29, 0.717) is 12.2 Å². The molecule has 104 valence electrons. The minimum atomic E-state index is 0.136. The van der Waals surface area contributed by atoms with E-state index in [9.17, 15) is 9.90 Å². The van der Waals surface area contributed by atoms with Gasteiger partial charge in [-0.2, -0.15) is 0 Å². The first-order valence-corrected chi connectivity index (χ1v) is 6.97. The van der Waals surface area contributed by atoms with Crippen LogP contribution in [-0.4, -0.2) is 35.0 Å². The second-order valence-corrected chi connectivity index (χ2v) is 5.16. The second kappa shape index (κ2) is 6.57. The highest BCUT2D eigenvalue weighted by molar-refractivity contribution is 5.75. The Morgan fingerprint density at radius 1 is 1.42 bits per heavy atom. The Bertz CT molecular complexity index is 417. The van der Waals surface area contributed by atoms with E-state index in [1.54, 1.807) is 12.1 Å². The SMILES string of the molecule is CCC(=O)N[C@@H]1CCCN(Cc2ccc(O)cc2)C1. The zero-order chi connectivity index (χ0) is 13.7. The number of hydrogen-bond donors (Lipinski definition) is 2. The highest BCUT2D eigenvalue weighted by Gasteiger charge is 2.20. The third-order valence-electron chi connectivity index (χ3n) is 3.53. The van der Waals surface area contributed by atoms with Gasteiger partial charge in [-0.3, -0.25) is 9.69 Å². The number of rotatable bonds is 4. The number of carbonyl (C=O) groups is 1. The number of amides is 1. The molecular formula is C15H22N2O2. The van der Waals surface area contributed by atoms with Gasteiger partial charge in [-0.1, -0.05) is 19.1 Å². The van der Waals surface area contributed by atoms with E-state index in [1.807, 2.05) is 19.1 Å². The summed E-state index contributed by atoms with van der Waals surface area (Å²) >= 11 is 0. The van der Waals surface area contributed by atoms with Crippen LogP contribution in [-0.2, 0) is 11.3 Å². The number of aromatic hydroxyl groups is 1. The fraction of sp³-hybridized carbons (Fsp3) is 0.533. The van der Waals surface area contributed by atoms with E-state index in [2.05, 4.69) is 10.2 Å². The summed E-state index contributed by atoms with van der Waals surface area (Å²) < 4.78 is 0. The molecule has 0 bridgehead atoms. The third kappa shape index (κ3) is 4.24. The fourth-order valence-electron chi connectivity index (χ4n) is 2.51. The minimum Gasteiger partial charge on any atom is -0.508 e. The van der Waals surface area contributed by atoms with Crippen molar-refractivity contribution in [2.24, 2.45) is 0 Å². The van der Waals surface area contributed by atoms with Gasteiger partial charge in [0.05, 0.1) is 0 Å². The molecule has 19 heavy (non-hydrogen) atoms. The van der Waals surface area contributed by atoms with Gasteiger partial charge in [0.25, 0.3) is 0 Å². The van der Waals surface area contributed by atoms with Crippen molar-refractivity contribution in [3.63, 3.8) is 0 Å². The van der Waals surface area contributed by atoms with Gasteiger partial charge in [-0.05, 0) is 37.1 Å². The predicted octanol–water partition coefficient (Wildman–Crippen LogP) is 1.88. The molecule has 1 aliphatic rings. The third-order valence-corrected chi connectivity index (χ3v) is 3.53. The quantitative estimate of drug-likeness (QED) is 0.871. The molecule has 0 aromatic heterocycles.